The fourth-order valence-electron chi connectivity index (χ4n) is 1.07. The molecule has 1 atom stereocenters. The van der Waals surface area contributed by atoms with Crippen LogP contribution in [0.5, 0.6) is 0 Å². The molecule has 98 valence electrons. The molecular formula is C11H10F3NO3. The zero-order valence-electron chi connectivity index (χ0n) is 9.32. The highest BCUT2D eigenvalue weighted by atomic mass is 19.4. The molecule has 1 aromatic carbocycles. The lowest BCUT2D eigenvalue weighted by molar-refractivity contribution is -0.198. The normalized spacial score (nSPS) is 12.9. The quantitative estimate of drug-likeness (QED) is 0.845. The van der Waals surface area contributed by atoms with Gasteiger partial charge < -0.3 is 10.5 Å². The fourth-order valence-corrected chi connectivity index (χ4v) is 1.07. The number of amides is 1. The molecule has 1 amide bonds. The van der Waals surface area contributed by atoms with Crippen molar-refractivity contribution in [2.45, 2.75) is 19.2 Å². The van der Waals surface area contributed by atoms with Crippen LogP contribution in [-0.2, 0) is 4.74 Å². The van der Waals surface area contributed by atoms with Gasteiger partial charge in [0.2, 0.25) is 5.91 Å². The van der Waals surface area contributed by atoms with E-state index >= 15 is 0 Å². The topological polar surface area (TPSA) is 69.4 Å². The Kier molecular flexibility index (Phi) is 3.95. The van der Waals surface area contributed by atoms with E-state index in [1.165, 1.54) is 24.3 Å². The summed E-state index contributed by atoms with van der Waals surface area (Å²) < 4.78 is 40.7. The van der Waals surface area contributed by atoms with Gasteiger partial charge in [-0.1, -0.05) is 0 Å². The Morgan fingerprint density at radius 3 is 2.00 bits per heavy atom. The molecule has 0 aliphatic heterocycles. The van der Waals surface area contributed by atoms with E-state index in [-0.39, 0.29) is 11.1 Å². The van der Waals surface area contributed by atoms with Crippen LogP contribution < -0.4 is 5.73 Å². The second-order valence-electron chi connectivity index (χ2n) is 3.53. The average molecular weight is 261 g/mol. The number of carbonyl (C=O) groups excluding carboxylic acids is 2. The molecule has 2 N–H and O–H groups in total. The summed E-state index contributed by atoms with van der Waals surface area (Å²) in [6.07, 6.45) is -6.80. The molecule has 0 saturated carbocycles. The maximum atomic E-state index is 12.2. The number of ether oxygens (including phenoxy) is 1. The molecule has 1 aromatic rings. The van der Waals surface area contributed by atoms with E-state index in [1.807, 2.05) is 0 Å². The summed E-state index contributed by atoms with van der Waals surface area (Å²) >= 11 is 0. The molecule has 0 unspecified atom stereocenters. The largest absolute Gasteiger partial charge is 0.449 e. The van der Waals surface area contributed by atoms with Gasteiger partial charge in [0, 0.05) is 5.56 Å². The molecule has 0 aliphatic carbocycles. The number of carbonyl (C=O) groups is 2. The van der Waals surface area contributed by atoms with Crippen LogP contribution in [0.25, 0.3) is 0 Å². The van der Waals surface area contributed by atoms with Crippen molar-refractivity contribution in [3.8, 4) is 0 Å². The Balaban J connectivity index is 2.76. The van der Waals surface area contributed by atoms with Gasteiger partial charge in [-0.15, -0.1) is 0 Å². The van der Waals surface area contributed by atoms with E-state index in [0.717, 1.165) is 6.92 Å². The Morgan fingerprint density at radius 2 is 1.61 bits per heavy atom. The number of primary amides is 1. The standard InChI is InChI=1S/C11H10F3NO3/c1-6(11(12,13)14)18-10(17)8-4-2-7(3-5-8)9(15)16/h2-6H,1H3,(H2,15,16)/t6-/m0/s1. The van der Waals surface area contributed by atoms with Crippen LogP contribution in [0.2, 0.25) is 0 Å². The van der Waals surface area contributed by atoms with E-state index in [1.54, 1.807) is 0 Å². The number of rotatable bonds is 3. The smallest absolute Gasteiger partial charge is 0.425 e. The first-order valence-corrected chi connectivity index (χ1v) is 4.89. The second kappa shape index (κ2) is 5.07. The number of esters is 1. The highest BCUT2D eigenvalue weighted by molar-refractivity contribution is 5.95. The minimum atomic E-state index is -4.61. The Labute approximate surface area is 101 Å². The van der Waals surface area contributed by atoms with Crippen LogP contribution in [0.4, 0.5) is 13.2 Å². The minimum absolute atomic E-state index is 0.0869. The van der Waals surface area contributed by atoms with Crippen molar-refractivity contribution in [2.75, 3.05) is 0 Å². The van der Waals surface area contributed by atoms with Crippen LogP contribution in [-0.4, -0.2) is 24.2 Å². The van der Waals surface area contributed by atoms with Crippen molar-refractivity contribution in [3.05, 3.63) is 35.4 Å². The zero-order chi connectivity index (χ0) is 13.9. The van der Waals surface area contributed by atoms with Crippen molar-refractivity contribution in [1.82, 2.24) is 0 Å². The zero-order valence-corrected chi connectivity index (χ0v) is 9.32. The van der Waals surface area contributed by atoms with Gasteiger partial charge in [-0.2, -0.15) is 13.2 Å². The van der Waals surface area contributed by atoms with Crippen molar-refractivity contribution in [2.24, 2.45) is 5.73 Å². The number of halogens is 3. The second-order valence-corrected chi connectivity index (χ2v) is 3.53. The molecular weight excluding hydrogens is 251 g/mol. The van der Waals surface area contributed by atoms with Crippen LogP contribution in [0.15, 0.2) is 24.3 Å². The van der Waals surface area contributed by atoms with Gasteiger partial charge in [0.1, 0.15) is 0 Å². The highest BCUT2D eigenvalue weighted by Crippen LogP contribution is 2.23. The number of benzene rings is 1. The van der Waals surface area contributed by atoms with E-state index < -0.39 is 24.2 Å². The maximum Gasteiger partial charge on any atom is 0.425 e. The molecule has 4 nitrogen and oxygen atoms in total. The van der Waals surface area contributed by atoms with Crippen molar-refractivity contribution in [1.29, 1.82) is 0 Å². The van der Waals surface area contributed by atoms with Gasteiger partial charge in [0.25, 0.3) is 0 Å². The maximum absolute atomic E-state index is 12.2. The number of alkyl halides is 3. The first-order valence-electron chi connectivity index (χ1n) is 4.89. The van der Waals surface area contributed by atoms with E-state index in [9.17, 15) is 22.8 Å². The van der Waals surface area contributed by atoms with Gasteiger partial charge >= 0.3 is 12.1 Å². The van der Waals surface area contributed by atoms with Crippen molar-refractivity contribution in [3.63, 3.8) is 0 Å². The molecule has 1 rings (SSSR count). The summed E-state index contributed by atoms with van der Waals surface area (Å²) in [6, 6.07) is 4.81. The highest BCUT2D eigenvalue weighted by Gasteiger charge is 2.39. The van der Waals surface area contributed by atoms with Gasteiger partial charge in [-0.05, 0) is 31.2 Å². The Morgan fingerprint density at radius 1 is 1.17 bits per heavy atom. The van der Waals surface area contributed by atoms with Crippen LogP contribution in [0.1, 0.15) is 27.6 Å². The molecule has 0 saturated heterocycles. The summed E-state index contributed by atoms with van der Waals surface area (Å²) in [7, 11) is 0. The Bertz CT molecular complexity index is 454. The lowest BCUT2D eigenvalue weighted by atomic mass is 10.1. The summed E-state index contributed by atoms with van der Waals surface area (Å²) in [4.78, 5) is 22.1. The predicted molar refractivity (Wildman–Crippen MR) is 55.9 cm³/mol. The van der Waals surface area contributed by atoms with Gasteiger partial charge in [0.05, 0.1) is 5.56 Å². The van der Waals surface area contributed by atoms with Crippen molar-refractivity contribution < 1.29 is 27.5 Å². The average Bonchev–Trinajstić information content (AvgIpc) is 2.27. The third-order valence-corrected chi connectivity index (χ3v) is 2.15. The van der Waals surface area contributed by atoms with E-state index in [2.05, 4.69) is 4.74 Å². The molecule has 7 heteroatoms. The van der Waals surface area contributed by atoms with E-state index in [4.69, 9.17) is 5.73 Å². The first-order chi connectivity index (χ1) is 8.21. The third kappa shape index (κ3) is 3.47. The first kappa shape index (κ1) is 14.0. The van der Waals surface area contributed by atoms with Crippen molar-refractivity contribution >= 4 is 11.9 Å². The molecule has 0 heterocycles. The number of nitrogens with two attached hydrogens (primary N) is 1. The predicted octanol–water partition coefficient (Wildman–Crippen LogP) is 1.89. The molecule has 0 aromatic heterocycles. The SMILES string of the molecule is C[C@H](OC(=O)c1ccc(C(N)=O)cc1)C(F)(F)F. The molecule has 0 radical (unpaired) electrons. The monoisotopic (exact) mass is 261 g/mol. The molecule has 18 heavy (non-hydrogen) atoms. The van der Waals surface area contributed by atoms with Gasteiger partial charge in [-0.3, -0.25) is 4.79 Å². The van der Waals surface area contributed by atoms with Crippen LogP contribution in [0.3, 0.4) is 0 Å². The third-order valence-electron chi connectivity index (χ3n) is 2.15. The van der Waals surface area contributed by atoms with Crippen LogP contribution in [0, 0.1) is 0 Å². The summed E-state index contributed by atoms with van der Waals surface area (Å²) in [5.74, 6) is -1.81. The molecule has 0 fully saturated rings. The summed E-state index contributed by atoms with van der Waals surface area (Å²) in [5.41, 5.74) is 5.04. The molecule has 0 spiro atoms. The summed E-state index contributed by atoms with van der Waals surface area (Å²) in [6.45, 7) is 0.732. The Hall–Kier alpha value is -2.05. The van der Waals surface area contributed by atoms with Gasteiger partial charge in [0.15, 0.2) is 6.10 Å². The van der Waals surface area contributed by atoms with E-state index in [0.29, 0.717) is 0 Å². The number of hydrogen-bond donors (Lipinski definition) is 1. The molecule has 0 bridgehead atoms. The fraction of sp³-hybridized carbons (Fsp3) is 0.273. The summed E-state index contributed by atoms with van der Waals surface area (Å²) in [5, 5.41) is 0. The van der Waals surface area contributed by atoms with Crippen LogP contribution >= 0.6 is 0 Å². The number of hydrogen-bond acceptors (Lipinski definition) is 3. The lowest BCUT2D eigenvalue weighted by Gasteiger charge is -2.16. The molecule has 0 aliphatic rings. The lowest BCUT2D eigenvalue weighted by Crippen LogP contribution is -2.30. The minimum Gasteiger partial charge on any atom is -0.449 e. The van der Waals surface area contributed by atoms with Gasteiger partial charge in [-0.25, -0.2) is 4.79 Å².